The summed E-state index contributed by atoms with van der Waals surface area (Å²) >= 11 is 0. The molecule has 3 aliphatic rings. The van der Waals surface area contributed by atoms with E-state index in [1.165, 1.54) is 17.7 Å². The van der Waals surface area contributed by atoms with Crippen molar-refractivity contribution in [2.45, 2.75) is 53.5 Å². The van der Waals surface area contributed by atoms with Gasteiger partial charge in [-0.3, -0.25) is 0 Å². The fourth-order valence-electron chi connectivity index (χ4n) is 4.31. The first kappa shape index (κ1) is 22.2. The van der Waals surface area contributed by atoms with Gasteiger partial charge >= 0.3 is 0 Å². The highest BCUT2D eigenvalue weighted by atomic mass is 16.8. The zero-order valence-electron chi connectivity index (χ0n) is 18.5. The summed E-state index contributed by atoms with van der Waals surface area (Å²) in [7, 11) is 0. The van der Waals surface area contributed by atoms with Crippen molar-refractivity contribution in [1.82, 2.24) is 10.7 Å². The summed E-state index contributed by atoms with van der Waals surface area (Å²) in [4.78, 5) is -0.410. The minimum absolute atomic E-state index is 0.0581. The molecule has 1 aliphatic heterocycles. The van der Waals surface area contributed by atoms with Gasteiger partial charge in [-0.1, -0.05) is 39.3 Å². The average Bonchev–Trinajstić information content (AvgIpc) is 3.16. The third-order valence-corrected chi connectivity index (χ3v) is 6.11. The van der Waals surface area contributed by atoms with E-state index in [9.17, 15) is 10.4 Å². The number of nitrogens with zero attached hydrogens (tertiary/aromatic N) is 2. The largest absolute Gasteiger partial charge is 0.612 e. The van der Waals surface area contributed by atoms with Gasteiger partial charge in [0.05, 0.1) is 0 Å². The first-order valence-electron chi connectivity index (χ1n) is 10.8. The van der Waals surface area contributed by atoms with Crippen molar-refractivity contribution in [1.29, 1.82) is 0 Å². The van der Waals surface area contributed by atoms with Gasteiger partial charge < -0.3 is 20.5 Å². The molecule has 0 aromatic carbocycles. The van der Waals surface area contributed by atoms with Gasteiger partial charge in [-0.05, 0) is 49.2 Å². The third kappa shape index (κ3) is 5.33. The van der Waals surface area contributed by atoms with Crippen molar-refractivity contribution in [2.24, 2.45) is 28.8 Å². The van der Waals surface area contributed by atoms with Gasteiger partial charge in [0.25, 0.3) is 0 Å². The lowest BCUT2D eigenvalue weighted by molar-refractivity contribution is -0.377. The van der Waals surface area contributed by atoms with Gasteiger partial charge in [0.1, 0.15) is 0 Å². The van der Waals surface area contributed by atoms with Crippen LogP contribution >= 0.6 is 0 Å². The lowest BCUT2D eigenvalue weighted by atomic mass is 9.70. The molecule has 0 aromatic heterocycles. The van der Waals surface area contributed by atoms with E-state index in [1.54, 1.807) is 12.2 Å². The molecule has 1 heterocycles. The molecule has 0 radical (unpaired) electrons. The summed E-state index contributed by atoms with van der Waals surface area (Å²) < 4.78 is 5.95. The van der Waals surface area contributed by atoms with Crippen molar-refractivity contribution in [3.8, 4) is 0 Å². The van der Waals surface area contributed by atoms with Crippen LogP contribution in [0.2, 0.25) is 0 Å². The van der Waals surface area contributed by atoms with E-state index < -0.39 is 4.90 Å². The molecule has 30 heavy (non-hydrogen) atoms. The Morgan fingerprint density at radius 3 is 2.50 bits per heavy atom. The van der Waals surface area contributed by atoms with Crippen LogP contribution in [0.5, 0.6) is 0 Å². The standard InChI is InChI=1S/C23H33N4O3/c1-14(2)21-11-18(16(5)10-19(21)13-24-15(3)4)12-22-25-26-23(30-22)17-6-8-20(9-7-17)27(28)29/h6-10,14-15,18-19,21,24,26H,11-13H2,1-5H3/q-1. The summed E-state index contributed by atoms with van der Waals surface area (Å²) in [5.74, 6) is 3.39. The number of hydrazone groups is 1. The van der Waals surface area contributed by atoms with Gasteiger partial charge in [-0.15, -0.1) is 5.10 Å². The fraction of sp³-hybridized carbons (Fsp3) is 0.565. The Bertz CT molecular complexity index is 811. The zero-order valence-corrected chi connectivity index (χ0v) is 18.5. The predicted octanol–water partition coefficient (Wildman–Crippen LogP) is 3.95. The molecule has 0 bridgehead atoms. The first-order valence-corrected chi connectivity index (χ1v) is 10.8. The van der Waals surface area contributed by atoms with Crippen molar-refractivity contribution in [2.75, 3.05) is 6.54 Å². The number of rotatable bonds is 6. The van der Waals surface area contributed by atoms with Gasteiger partial charge in [-0.2, -0.15) is 4.90 Å². The van der Waals surface area contributed by atoms with Crippen LogP contribution in [0.15, 0.2) is 52.5 Å². The van der Waals surface area contributed by atoms with Gasteiger partial charge in [-0.25, -0.2) is 5.43 Å². The summed E-state index contributed by atoms with van der Waals surface area (Å²) in [5.41, 5.74) is 5.14. The van der Waals surface area contributed by atoms with Crippen LogP contribution in [0.4, 0.5) is 0 Å². The van der Waals surface area contributed by atoms with Gasteiger partial charge in [0.15, 0.2) is 0 Å². The van der Waals surface area contributed by atoms with E-state index in [0.29, 0.717) is 41.5 Å². The maximum absolute atomic E-state index is 10.8. The van der Waals surface area contributed by atoms with Crippen LogP contribution in [-0.2, 0) is 4.74 Å². The molecule has 0 saturated heterocycles. The highest BCUT2D eigenvalue weighted by Crippen LogP contribution is 2.39. The first-order chi connectivity index (χ1) is 14.2. The molecule has 3 atom stereocenters. The van der Waals surface area contributed by atoms with Crippen LogP contribution < -0.4 is 10.7 Å². The molecule has 7 heteroatoms. The molecule has 0 fully saturated rings. The molecule has 0 amide bonds. The Kier molecular flexibility index (Phi) is 7.02. The van der Waals surface area contributed by atoms with E-state index in [2.05, 4.69) is 56.5 Å². The molecule has 0 spiro atoms. The summed E-state index contributed by atoms with van der Waals surface area (Å²) in [5, 5.41) is 29.6. The highest BCUT2D eigenvalue weighted by molar-refractivity contribution is 6.02. The van der Waals surface area contributed by atoms with Crippen molar-refractivity contribution >= 4 is 11.6 Å². The van der Waals surface area contributed by atoms with E-state index in [1.807, 2.05) is 0 Å². The van der Waals surface area contributed by atoms with Crippen molar-refractivity contribution < 1.29 is 9.64 Å². The van der Waals surface area contributed by atoms with Crippen LogP contribution in [0.1, 0.15) is 47.5 Å². The number of nitrogens with one attached hydrogen (secondary N) is 2. The van der Waals surface area contributed by atoms with Crippen molar-refractivity contribution in [3.05, 3.63) is 57.8 Å². The second-order valence-electron chi connectivity index (χ2n) is 9.03. The Morgan fingerprint density at radius 1 is 1.20 bits per heavy atom. The summed E-state index contributed by atoms with van der Waals surface area (Å²) in [6, 6.07) is 0.491. The predicted molar refractivity (Wildman–Crippen MR) is 120 cm³/mol. The summed E-state index contributed by atoms with van der Waals surface area (Å²) in [6.45, 7) is 12.2. The second kappa shape index (κ2) is 9.51. The third-order valence-electron chi connectivity index (χ3n) is 6.11. The van der Waals surface area contributed by atoms with Crippen molar-refractivity contribution in [3.63, 3.8) is 0 Å². The maximum Gasteiger partial charge on any atom is 0.222 e. The molecule has 0 aromatic rings. The lowest BCUT2D eigenvalue weighted by Gasteiger charge is -2.37. The zero-order chi connectivity index (χ0) is 21.8. The van der Waals surface area contributed by atoms with E-state index in [0.717, 1.165) is 25.0 Å². The van der Waals surface area contributed by atoms with E-state index >= 15 is 0 Å². The number of hydrogen-bond acceptors (Lipinski definition) is 6. The normalized spacial score (nSPS) is 26.1. The summed E-state index contributed by atoms with van der Waals surface area (Å²) in [6.07, 6.45) is 10.6. The molecule has 3 unspecified atom stereocenters. The van der Waals surface area contributed by atoms with Gasteiger partial charge in [0, 0.05) is 36.7 Å². The van der Waals surface area contributed by atoms with E-state index in [4.69, 9.17) is 4.74 Å². The lowest BCUT2D eigenvalue weighted by Crippen LogP contribution is -2.37. The Balaban J connectivity index is 1.65. The highest BCUT2D eigenvalue weighted by Gasteiger charge is 2.33. The number of ether oxygens (including phenoxy) is 1. The Morgan fingerprint density at radius 2 is 1.90 bits per heavy atom. The minimum atomic E-state index is -0.410. The van der Waals surface area contributed by atoms with Crippen LogP contribution in [0.3, 0.4) is 0 Å². The molecule has 2 N–H and O–H groups in total. The van der Waals surface area contributed by atoms with Crippen LogP contribution in [-0.4, -0.2) is 29.1 Å². The molecular formula is C23H33N4O3-. The van der Waals surface area contributed by atoms with Gasteiger partial charge in [0.2, 0.25) is 17.5 Å². The SMILES string of the molecule is CC1=CC(CNC(C)C)C(C(C)C)CC1CC1=NNC(=C2C=CC(=[N+]([O-])[O-])C=C2)O1. The molecule has 0 saturated carbocycles. The number of allylic oxidation sites excluding steroid dienone is 6. The van der Waals surface area contributed by atoms with Crippen LogP contribution in [0, 0.1) is 34.1 Å². The second-order valence-corrected chi connectivity index (χ2v) is 9.03. The Hall–Kier alpha value is -2.54. The monoisotopic (exact) mass is 413 g/mol. The molecule has 164 valence electrons. The fourth-order valence-corrected chi connectivity index (χ4v) is 4.31. The Labute approximate surface area is 179 Å². The molecule has 3 rings (SSSR count). The topological polar surface area (TPSA) is 94.8 Å². The minimum Gasteiger partial charge on any atom is -0.612 e. The molecular weight excluding hydrogens is 380 g/mol. The van der Waals surface area contributed by atoms with E-state index in [-0.39, 0.29) is 5.71 Å². The smallest absolute Gasteiger partial charge is 0.222 e. The quantitative estimate of drug-likeness (QED) is 0.391. The molecule has 7 nitrogen and oxygen atoms in total. The average molecular weight is 414 g/mol. The van der Waals surface area contributed by atoms with Crippen LogP contribution in [0.25, 0.3) is 0 Å². The number of hydrogen-bond donors (Lipinski definition) is 2. The maximum atomic E-state index is 10.8. The molecule has 2 aliphatic carbocycles.